The summed E-state index contributed by atoms with van der Waals surface area (Å²) in [4.78, 5) is 24.4. The molecular formula is C18H24N2O3. The van der Waals surface area contributed by atoms with E-state index in [4.69, 9.17) is 0 Å². The zero-order valence-corrected chi connectivity index (χ0v) is 13.2. The molecule has 0 bridgehead atoms. The van der Waals surface area contributed by atoms with Crippen LogP contribution in [0.25, 0.3) is 0 Å². The van der Waals surface area contributed by atoms with Gasteiger partial charge in [-0.05, 0) is 37.7 Å². The van der Waals surface area contributed by atoms with E-state index in [1.54, 1.807) is 24.3 Å². The number of aliphatic hydroxyl groups is 1. The lowest BCUT2D eigenvalue weighted by Gasteiger charge is -2.29. The summed E-state index contributed by atoms with van der Waals surface area (Å²) in [6, 6.07) is 9.24. The van der Waals surface area contributed by atoms with Gasteiger partial charge >= 0.3 is 0 Å². The normalized spacial score (nSPS) is 25.4. The van der Waals surface area contributed by atoms with E-state index in [-0.39, 0.29) is 23.8 Å². The van der Waals surface area contributed by atoms with Gasteiger partial charge in [-0.15, -0.1) is 0 Å². The summed E-state index contributed by atoms with van der Waals surface area (Å²) in [6.45, 7) is 0. The third-order valence-corrected chi connectivity index (χ3v) is 4.68. The summed E-state index contributed by atoms with van der Waals surface area (Å²) < 4.78 is 0. The van der Waals surface area contributed by atoms with Gasteiger partial charge in [-0.25, -0.2) is 0 Å². The topological polar surface area (TPSA) is 78.4 Å². The summed E-state index contributed by atoms with van der Waals surface area (Å²) in [5.74, 6) is -0.289. The van der Waals surface area contributed by atoms with E-state index in [0.717, 1.165) is 32.1 Å². The van der Waals surface area contributed by atoms with Crippen molar-refractivity contribution < 1.29 is 14.7 Å². The van der Waals surface area contributed by atoms with Crippen LogP contribution in [0.15, 0.2) is 30.3 Å². The van der Waals surface area contributed by atoms with Crippen molar-refractivity contribution >= 4 is 11.8 Å². The lowest BCUT2D eigenvalue weighted by molar-refractivity contribution is -0.132. The standard InChI is InChI=1S/C18H24N2O3/c21-16(12-5-2-1-3-6-12)18(23)20-15-8-4-7-13(11-15)17(22)19-14-9-10-14/h1-3,5-6,13-16,21H,4,7-11H2,(H,19,22)(H,20,23)/t13-,15-,16-/m1/s1. The number of carbonyl (C=O) groups excluding carboxylic acids is 2. The Labute approximate surface area is 136 Å². The van der Waals surface area contributed by atoms with Gasteiger partial charge in [0, 0.05) is 18.0 Å². The van der Waals surface area contributed by atoms with E-state index in [1.165, 1.54) is 0 Å². The second-order valence-electron chi connectivity index (χ2n) is 6.67. The molecule has 0 aromatic heterocycles. The molecule has 2 saturated carbocycles. The van der Waals surface area contributed by atoms with Gasteiger partial charge in [0.2, 0.25) is 5.91 Å². The first-order valence-electron chi connectivity index (χ1n) is 8.47. The Kier molecular flexibility index (Phi) is 4.96. The van der Waals surface area contributed by atoms with E-state index in [2.05, 4.69) is 10.6 Å². The molecule has 23 heavy (non-hydrogen) atoms. The molecule has 2 aliphatic rings. The molecule has 0 saturated heterocycles. The molecule has 3 atom stereocenters. The Morgan fingerprint density at radius 3 is 2.43 bits per heavy atom. The quantitative estimate of drug-likeness (QED) is 0.773. The molecule has 2 fully saturated rings. The number of benzene rings is 1. The zero-order chi connectivity index (χ0) is 16.2. The van der Waals surface area contributed by atoms with E-state index in [9.17, 15) is 14.7 Å². The molecule has 5 nitrogen and oxygen atoms in total. The number of carbonyl (C=O) groups is 2. The lowest BCUT2D eigenvalue weighted by Crippen LogP contribution is -2.44. The van der Waals surface area contributed by atoms with Crippen molar-refractivity contribution in [3.63, 3.8) is 0 Å². The predicted molar refractivity (Wildman–Crippen MR) is 86.5 cm³/mol. The van der Waals surface area contributed by atoms with Crippen LogP contribution in [0.4, 0.5) is 0 Å². The summed E-state index contributed by atoms with van der Waals surface area (Å²) in [6.07, 6.45) is 4.34. The molecule has 0 heterocycles. The monoisotopic (exact) mass is 316 g/mol. The fourth-order valence-electron chi connectivity index (χ4n) is 3.17. The van der Waals surface area contributed by atoms with Gasteiger partial charge in [0.15, 0.2) is 6.10 Å². The second-order valence-corrected chi connectivity index (χ2v) is 6.67. The molecule has 2 amide bonds. The maximum absolute atomic E-state index is 12.2. The van der Waals surface area contributed by atoms with Crippen LogP contribution in [0.3, 0.4) is 0 Å². The van der Waals surface area contributed by atoms with Crippen molar-refractivity contribution in [2.75, 3.05) is 0 Å². The molecule has 0 spiro atoms. The van der Waals surface area contributed by atoms with Crippen LogP contribution in [0.5, 0.6) is 0 Å². The maximum atomic E-state index is 12.2. The number of hydrogen-bond donors (Lipinski definition) is 3. The highest BCUT2D eigenvalue weighted by Gasteiger charge is 2.32. The number of hydrogen-bond acceptors (Lipinski definition) is 3. The van der Waals surface area contributed by atoms with Gasteiger partial charge in [0.1, 0.15) is 0 Å². The van der Waals surface area contributed by atoms with Crippen LogP contribution >= 0.6 is 0 Å². The van der Waals surface area contributed by atoms with Gasteiger partial charge < -0.3 is 15.7 Å². The Bertz CT molecular complexity index is 557. The van der Waals surface area contributed by atoms with E-state index >= 15 is 0 Å². The first-order chi connectivity index (χ1) is 11.1. The van der Waals surface area contributed by atoms with Crippen molar-refractivity contribution in [1.82, 2.24) is 10.6 Å². The van der Waals surface area contributed by atoms with E-state index in [0.29, 0.717) is 18.0 Å². The third kappa shape index (κ3) is 4.32. The van der Waals surface area contributed by atoms with Crippen molar-refractivity contribution in [2.45, 2.75) is 56.7 Å². The van der Waals surface area contributed by atoms with Gasteiger partial charge in [-0.1, -0.05) is 36.8 Å². The average Bonchev–Trinajstić information content (AvgIpc) is 3.39. The smallest absolute Gasteiger partial charge is 0.253 e. The second kappa shape index (κ2) is 7.13. The summed E-state index contributed by atoms with van der Waals surface area (Å²) in [5.41, 5.74) is 0.587. The van der Waals surface area contributed by atoms with Crippen LogP contribution in [-0.4, -0.2) is 29.0 Å². The molecule has 0 aliphatic heterocycles. The highest BCUT2D eigenvalue weighted by molar-refractivity contribution is 5.82. The van der Waals surface area contributed by atoms with Crippen molar-refractivity contribution in [3.8, 4) is 0 Å². The fraction of sp³-hybridized carbons (Fsp3) is 0.556. The van der Waals surface area contributed by atoms with Crippen molar-refractivity contribution in [2.24, 2.45) is 5.92 Å². The predicted octanol–water partition coefficient (Wildman–Crippen LogP) is 1.67. The first kappa shape index (κ1) is 16.0. The Hall–Kier alpha value is -1.88. The third-order valence-electron chi connectivity index (χ3n) is 4.68. The van der Waals surface area contributed by atoms with Crippen LogP contribution < -0.4 is 10.6 Å². The maximum Gasteiger partial charge on any atom is 0.253 e. The highest BCUT2D eigenvalue weighted by Crippen LogP contribution is 2.27. The van der Waals surface area contributed by atoms with Crippen LogP contribution in [0, 0.1) is 5.92 Å². The molecule has 0 unspecified atom stereocenters. The Morgan fingerprint density at radius 2 is 1.74 bits per heavy atom. The molecule has 124 valence electrons. The largest absolute Gasteiger partial charge is 0.378 e. The van der Waals surface area contributed by atoms with E-state index in [1.807, 2.05) is 6.07 Å². The molecule has 0 radical (unpaired) electrons. The van der Waals surface area contributed by atoms with Crippen LogP contribution in [-0.2, 0) is 9.59 Å². The van der Waals surface area contributed by atoms with Crippen molar-refractivity contribution in [1.29, 1.82) is 0 Å². The van der Waals surface area contributed by atoms with Crippen molar-refractivity contribution in [3.05, 3.63) is 35.9 Å². The SMILES string of the molecule is O=C(NC1CC1)[C@@H]1CCC[C@@H](NC(=O)[C@H](O)c2ccccc2)C1. The molecule has 3 N–H and O–H groups in total. The number of aliphatic hydroxyl groups excluding tert-OH is 1. The first-order valence-corrected chi connectivity index (χ1v) is 8.47. The van der Waals surface area contributed by atoms with Crippen LogP contribution in [0.1, 0.15) is 50.2 Å². The van der Waals surface area contributed by atoms with Gasteiger partial charge in [-0.2, -0.15) is 0 Å². The van der Waals surface area contributed by atoms with Crippen LogP contribution in [0.2, 0.25) is 0 Å². The summed E-state index contributed by atoms with van der Waals surface area (Å²) in [7, 11) is 0. The summed E-state index contributed by atoms with van der Waals surface area (Å²) >= 11 is 0. The van der Waals surface area contributed by atoms with Gasteiger partial charge in [0.25, 0.3) is 5.91 Å². The van der Waals surface area contributed by atoms with Gasteiger partial charge in [-0.3, -0.25) is 9.59 Å². The average molecular weight is 316 g/mol. The zero-order valence-electron chi connectivity index (χ0n) is 13.2. The number of amides is 2. The Morgan fingerprint density at radius 1 is 1.00 bits per heavy atom. The molecule has 1 aromatic rings. The minimum atomic E-state index is -1.16. The lowest BCUT2D eigenvalue weighted by atomic mass is 9.85. The molecular weight excluding hydrogens is 292 g/mol. The van der Waals surface area contributed by atoms with E-state index < -0.39 is 6.10 Å². The molecule has 3 rings (SSSR count). The highest BCUT2D eigenvalue weighted by atomic mass is 16.3. The van der Waals surface area contributed by atoms with Gasteiger partial charge in [0.05, 0.1) is 0 Å². The number of nitrogens with one attached hydrogen (secondary N) is 2. The molecule has 5 heteroatoms. The minimum absolute atomic E-state index is 0.0245. The molecule has 1 aromatic carbocycles. The minimum Gasteiger partial charge on any atom is -0.378 e. The Balaban J connectivity index is 1.52. The fourth-order valence-corrected chi connectivity index (χ4v) is 3.17. The summed E-state index contributed by atoms with van der Waals surface area (Å²) in [5, 5.41) is 16.1. The number of rotatable bonds is 5. The molecule has 2 aliphatic carbocycles.